The number of fused-ring (bicyclic) bond motifs is 1. The summed E-state index contributed by atoms with van der Waals surface area (Å²) in [5.74, 6) is -0.791. The van der Waals surface area contributed by atoms with Crippen molar-refractivity contribution >= 4 is 22.7 Å². The van der Waals surface area contributed by atoms with Gasteiger partial charge in [-0.05, 0) is 59.8 Å². The van der Waals surface area contributed by atoms with E-state index in [-0.39, 0.29) is 34.8 Å². The van der Waals surface area contributed by atoms with Crippen LogP contribution in [0.15, 0.2) is 70.6 Å². The number of hydrogen-bond acceptors (Lipinski definition) is 4. The third kappa shape index (κ3) is 4.04. The van der Waals surface area contributed by atoms with E-state index in [4.69, 9.17) is 0 Å². The van der Waals surface area contributed by atoms with Crippen molar-refractivity contribution in [2.45, 2.75) is 16.9 Å². The number of aromatic nitrogens is 3. The third-order valence-electron chi connectivity index (χ3n) is 4.40. The van der Waals surface area contributed by atoms with Gasteiger partial charge in [0, 0.05) is 22.5 Å². The fourth-order valence-electron chi connectivity index (χ4n) is 3.13. The molecule has 2 aromatic carbocycles. The van der Waals surface area contributed by atoms with Gasteiger partial charge in [-0.3, -0.25) is 9.55 Å². The largest absolute Gasteiger partial charge is 0.493 e. The lowest BCUT2D eigenvalue weighted by atomic mass is 10.1. The molecular weight excluding hydrogens is 422 g/mol. The lowest BCUT2D eigenvalue weighted by molar-refractivity contribution is -0.0328. The monoisotopic (exact) mass is 435 g/mol. The molecule has 2 heterocycles. The summed E-state index contributed by atoms with van der Waals surface area (Å²) in [7, 11) is 0. The van der Waals surface area contributed by atoms with Crippen LogP contribution in [0, 0.1) is 5.82 Å². The number of halogens is 4. The molecule has 154 valence electrons. The van der Waals surface area contributed by atoms with Crippen LogP contribution in [-0.2, 0) is 6.54 Å². The van der Waals surface area contributed by atoms with Gasteiger partial charge in [0.1, 0.15) is 5.82 Å². The molecule has 0 saturated heterocycles. The summed E-state index contributed by atoms with van der Waals surface area (Å²) in [5, 5.41) is 10.9. The fraction of sp³-hybridized carbons (Fsp3) is 0.100. The lowest BCUT2D eigenvalue weighted by Gasteiger charge is -2.08. The van der Waals surface area contributed by atoms with Gasteiger partial charge in [-0.25, -0.2) is 13.8 Å². The second-order valence-electron chi connectivity index (χ2n) is 6.41. The summed E-state index contributed by atoms with van der Waals surface area (Å²) in [6.07, 6.45) is 2.73. The lowest BCUT2D eigenvalue weighted by Crippen LogP contribution is -2.23. The number of nitrogens with zero attached hydrogens (tertiary/aromatic N) is 3. The normalized spacial score (nSPS) is 11.9. The number of alkyl halides is 3. The van der Waals surface area contributed by atoms with Gasteiger partial charge >= 0.3 is 11.2 Å². The summed E-state index contributed by atoms with van der Waals surface area (Å²) in [4.78, 5) is 16.9. The smallest absolute Gasteiger partial charge is 0.446 e. The molecule has 0 spiro atoms. The maximum Gasteiger partial charge on any atom is 0.446 e. The van der Waals surface area contributed by atoms with Crippen LogP contribution in [-0.4, -0.2) is 24.7 Å². The maximum absolute atomic E-state index is 13.4. The second-order valence-corrected chi connectivity index (χ2v) is 7.54. The molecule has 0 aliphatic heterocycles. The van der Waals surface area contributed by atoms with Crippen LogP contribution in [0.4, 0.5) is 17.6 Å². The van der Waals surface area contributed by atoms with Crippen molar-refractivity contribution in [3.63, 3.8) is 0 Å². The Morgan fingerprint density at radius 3 is 2.50 bits per heavy atom. The predicted octanol–water partition coefficient (Wildman–Crippen LogP) is 4.69. The van der Waals surface area contributed by atoms with Crippen molar-refractivity contribution in [1.29, 1.82) is 0 Å². The Hall–Kier alpha value is -3.27. The fourth-order valence-corrected chi connectivity index (χ4v) is 3.67. The number of thioether (sulfide) groups is 1. The highest BCUT2D eigenvalue weighted by atomic mass is 32.2. The van der Waals surface area contributed by atoms with Gasteiger partial charge in [-0.2, -0.15) is 13.2 Å². The first kappa shape index (κ1) is 20.0. The maximum atomic E-state index is 13.4. The first-order valence-electron chi connectivity index (χ1n) is 8.62. The zero-order chi connectivity index (χ0) is 21.5. The Kier molecular flexibility index (Phi) is 5.02. The highest BCUT2D eigenvalue weighted by Crippen LogP contribution is 2.37. The average molecular weight is 435 g/mol. The summed E-state index contributed by atoms with van der Waals surface area (Å²) < 4.78 is 53.1. The van der Waals surface area contributed by atoms with Gasteiger partial charge in [0.2, 0.25) is 5.88 Å². The molecule has 0 aliphatic rings. The molecule has 4 aromatic rings. The van der Waals surface area contributed by atoms with Crippen LogP contribution >= 0.6 is 11.8 Å². The van der Waals surface area contributed by atoms with Gasteiger partial charge in [0.15, 0.2) is 0 Å². The molecule has 30 heavy (non-hydrogen) atoms. The number of hydrogen-bond donors (Lipinski definition) is 1. The number of rotatable bonds is 4. The highest BCUT2D eigenvalue weighted by molar-refractivity contribution is 8.00. The molecule has 2 aromatic heterocycles. The standard InChI is InChI=1S/C20H13F4N3O2S/c21-13-1-6-16-12(7-8-25-17(16)9-13)10-26-11-18(28)27(19(26)29)14-2-4-15(5-3-14)30-20(22,23)24/h1-9,11,28H,10H2. The summed E-state index contributed by atoms with van der Waals surface area (Å²) in [6.45, 7) is 0.0893. The van der Waals surface area contributed by atoms with Crippen LogP contribution < -0.4 is 5.69 Å². The molecule has 0 radical (unpaired) electrons. The Bertz CT molecular complexity index is 1280. The second kappa shape index (κ2) is 7.52. The predicted molar refractivity (Wildman–Crippen MR) is 104 cm³/mol. The number of benzene rings is 2. The SMILES string of the molecule is O=c1n(Cc2ccnc3cc(F)ccc23)cc(O)n1-c1ccc(SC(F)(F)F)cc1. The molecule has 5 nitrogen and oxygen atoms in total. The Morgan fingerprint density at radius 2 is 1.80 bits per heavy atom. The van der Waals surface area contributed by atoms with Crippen LogP contribution in [0.3, 0.4) is 0 Å². The zero-order valence-electron chi connectivity index (χ0n) is 15.1. The highest BCUT2D eigenvalue weighted by Gasteiger charge is 2.29. The number of pyridine rings is 1. The van der Waals surface area contributed by atoms with Gasteiger partial charge in [-0.15, -0.1) is 0 Å². The first-order chi connectivity index (χ1) is 14.2. The summed E-state index contributed by atoms with van der Waals surface area (Å²) >= 11 is -0.266. The number of imidazole rings is 1. The minimum absolute atomic E-state index is 0.0336. The van der Waals surface area contributed by atoms with E-state index in [0.29, 0.717) is 16.5 Å². The quantitative estimate of drug-likeness (QED) is 0.373. The van der Waals surface area contributed by atoms with Gasteiger partial charge in [0.25, 0.3) is 0 Å². The van der Waals surface area contributed by atoms with Crippen molar-refractivity contribution in [1.82, 2.24) is 14.1 Å². The van der Waals surface area contributed by atoms with Crippen molar-refractivity contribution in [3.8, 4) is 11.6 Å². The van der Waals surface area contributed by atoms with Crippen molar-refractivity contribution in [2.75, 3.05) is 0 Å². The molecule has 0 saturated carbocycles. The molecule has 10 heteroatoms. The topological polar surface area (TPSA) is 60.1 Å². The minimum Gasteiger partial charge on any atom is -0.493 e. The summed E-state index contributed by atoms with van der Waals surface area (Å²) in [5.41, 5.74) is -3.64. The van der Waals surface area contributed by atoms with Gasteiger partial charge < -0.3 is 5.11 Å². The average Bonchev–Trinajstić information content (AvgIpc) is 2.94. The van der Waals surface area contributed by atoms with Crippen molar-refractivity contribution in [2.24, 2.45) is 0 Å². The van der Waals surface area contributed by atoms with Gasteiger partial charge in [-0.1, -0.05) is 0 Å². The van der Waals surface area contributed by atoms with E-state index in [1.165, 1.54) is 53.4 Å². The summed E-state index contributed by atoms with van der Waals surface area (Å²) in [6, 6.07) is 10.9. The first-order valence-corrected chi connectivity index (χ1v) is 9.43. The van der Waals surface area contributed by atoms with E-state index in [1.807, 2.05) is 0 Å². The molecule has 0 atom stereocenters. The third-order valence-corrected chi connectivity index (χ3v) is 5.14. The van der Waals surface area contributed by atoms with E-state index in [9.17, 15) is 27.5 Å². The van der Waals surface area contributed by atoms with E-state index in [2.05, 4.69) is 4.98 Å². The zero-order valence-corrected chi connectivity index (χ0v) is 15.9. The Morgan fingerprint density at radius 1 is 1.07 bits per heavy atom. The minimum atomic E-state index is -4.42. The molecule has 0 amide bonds. The van der Waals surface area contributed by atoms with Crippen molar-refractivity contribution < 1.29 is 22.7 Å². The van der Waals surface area contributed by atoms with Crippen LogP contribution in [0.25, 0.3) is 16.6 Å². The van der Waals surface area contributed by atoms with E-state index >= 15 is 0 Å². The van der Waals surface area contributed by atoms with Crippen LogP contribution in [0.1, 0.15) is 5.56 Å². The molecule has 0 bridgehead atoms. The van der Waals surface area contributed by atoms with Crippen LogP contribution in [0.5, 0.6) is 5.88 Å². The number of aromatic hydroxyl groups is 1. The molecule has 0 aliphatic carbocycles. The van der Waals surface area contributed by atoms with E-state index in [1.54, 1.807) is 12.1 Å². The van der Waals surface area contributed by atoms with E-state index < -0.39 is 17.0 Å². The molecule has 4 rings (SSSR count). The Balaban J connectivity index is 1.67. The molecule has 1 N–H and O–H groups in total. The Labute approximate surface area is 171 Å². The van der Waals surface area contributed by atoms with Crippen LogP contribution in [0.2, 0.25) is 0 Å². The van der Waals surface area contributed by atoms with Crippen molar-refractivity contribution in [3.05, 3.63) is 82.8 Å². The molecule has 0 unspecified atom stereocenters. The van der Waals surface area contributed by atoms with Gasteiger partial charge in [0.05, 0.1) is 23.9 Å². The molecule has 0 fully saturated rings. The van der Waals surface area contributed by atoms with E-state index in [0.717, 1.165) is 4.57 Å². The molecular formula is C20H13F4N3O2S.